The van der Waals surface area contributed by atoms with Gasteiger partial charge in [0.2, 0.25) is 0 Å². The van der Waals surface area contributed by atoms with Gasteiger partial charge >= 0.3 is 0 Å². The highest BCUT2D eigenvalue weighted by atomic mass is 16.5. The summed E-state index contributed by atoms with van der Waals surface area (Å²) in [5.41, 5.74) is 0.205. The van der Waals surface area contributed by atoms with Gasteiger partial charge in [0.05, 0.1) is 13.2 Å². The molecule has 1 atom stereocenters. The largest absolute Gasteiger partial charge is 0.379 e. The number of hydrogen-bond donors (Lipinski definition) is 1. The number of morpholine rings is 1. The van der Waals surface area contributed by atoms with Crippen molar-refractivity contribution in [1.29, 1.82) is 0 Å². The van der Waals surface area contributed by atoms with E-state index in [1.54, 1.807) is 0 Å². The van der Waals surface area contributed by atoms with Crippen molar-refractivity contribution in [3.63, 3.8) is 0 Å². The van der Waals surface area contributed by atoms with E-state index in [0.717, 1.165) is 32.7 Å². The van der Waals surface area contributed by atoms with Gasteiger partial charge in [-0.3, -0.25) is 4.90 Å². The average molecular weight is 268 g/mol. The van der Waals surface area contributed by atoms with E-state index in [2.05, 4.69) is 37.7 Å². The lowest BCUT2D eigenvalue weighted by Gasteiger charge is -2.46. The van der Waals surface area contributed by atoms with Crippen molar-refractivity contribution in [3.05, 3.63) is 12.7 Å². The van der Waals surface area contributed by atoms with Gasteiger partial charge in [-0.05, 0) is 40.2 Å². The van der Waals surface area contributed by atoms with Crippen LogP contribution < -0.4 is 5.32 Å². The van der Waals surface area contributed by atoms with Crippen LogP contribution in [0.25, 0.3) is 0 Å². The lowest BCUT2D eigenvalue weighted by atomic mass is 9.88. The summed E-state index contributed by atoms with van der Waals surface area (Å²) in [5, 5.41) is 3.53. The number of allylic oxidation sites excluding steroid dienone is 1. The van der Waals surface area contributed by atoms with Crippen molar-refractivity contribution in [2.75, 3.05) is 33.4 Å². The van der Waals surface area contributed by atoms with Crippen LogP contribution in [0.5, 0.6) is 0 Å². The molecule has 0 bridgehead atoms. The Morgan fingerprint density at radius 1 is 1.26 bits per heavy atom. The highest BCUT2D eigenvalue weighted by molar-refractivity contribution is 4.93. The standard InChI is InChI=1S/C16H32N2O/c1-5-6-7-8-9-10-15(17-4)16(2,3)18-11-13-19-14-12-18/h5,15,17H,1,6-14H2,2-4H3. The quantitative estimate of drug-likeness (QED) is 0.514. The second-order valence-electron chi connectivity index (χ2n) is 6.02. The normalized spacial score (nSPS) is 19.3. The topological polar surface area (TPSA) is 24.5 Å². The molecule has 0 aromatic carbocycles. The first-order valence-electron chi connectivity index (χ1n) is 7.74. The molecule has 0 radical (unpaired) electrons. The Hall–Kier alpha value is -0.380. The summed E-state index contributed by atoms with van der Waals surface area (Å²) in [7, 11) is 2.09. The van der Waals surface area contributed by atoms with E-state index in [4.69, 9.17) is 4.74 Å². The average Bonchev–Trinajstić information content (AvgIpc) is 2.43. The zero-order valence-corrected chi connectivity index (χ0v) is 13.1. The first kappa shape index (κ1) is 16.7. The predicted molar refractivity (Wildman–Crippen MR) is 82.6 cm³/mol. The molecular formula is C16H32N2O. The third-order valence-corrected chi connectivity index (χ3v) is 4.43. The van der Waals surface area contributed by atoms with Gasteiger partial charge in [-0.25, -0.2) is 0 Å². The number of hydrogen-bond acceptors (Lipinski definition) is 3. The summed E-state index contributed by atoms with van der Waals surface area (Å²) in [4.78, 5) is 2.57. The molecule has 1 unspecified atom stereocenters. The zero-order valence-electron chi connectivity index (χ0n) is 13.1. The predicted octanol–water partition coefficient (Wildman–Crippen LogP) is 2.82. The van der Waals surface area contributed by atoms with Crippen LogP contribution in [0.4, 0.5) is 0 Å². The van der Waals surface area contributed by atoms with Crippen LogP contribution in [0, 0.1) is 0 Å². The third-order valence-electron chi connectivity index (χ3n) is 4.43. The maximum Gasteiger partial charge on any atom is 0.0594 e. The maximum atomic E-state index is 5.46. The molecular weight excluding hydrogens is 236 g/mol. The SMILES string of the molecule is C=CCCCCCC(NC)C(C)(C)N1CCOCC1. The molecule has 0 aromatic rings. The van der Waals surface area contributed by atoms with Crippen LogP contribution >= 0.6 is 0 Å². The van der Waals surface area contributed by atoms with Crippen LogP contribution in [0.1, 0.15) is 46.0 Å². The Kier molecular flexibility index (Phi) is 7.66. The molecule has 0 amide bonds. The molecule has 1 rings (SSSR count). The van der Waals surface area contributed by atoms with Crippen molar-refractivity contribution in [1.82, 2.24) is 10.2 Å². The van der Waals surface area contributed by atoms with Crippen LogP contribution in [0.3, 0.4) is 0 Å². The molecule has 112 valence electrons. The molecule has 1 aliphatic heterocycles. The summed E-state index contributed by atoms with van der Waals surface area (Å²) in [6, 6.07) is 0.550. The number of nitrogens with zero attached hydrogens (tertiary/aromatic N) is 1. The molecule has 19 heavy (non-hydrogen) atoms. The minimum atomic E-state index is 0.205. The van der Waals surface area contributed by atoms with Crippen molar-refractivity contribution in [3.8, 4) is 0 Å². The lowest BCUT2D eigenvalue weighted by molar-refractivity contribution is -0.0237. The minimum Gasteiger partial charge on any atom is -0.379 e. The fourth-order valence-corrected chi connectivity index (χ4v) is 3.02. The fourth-order valence-electron chi connectivity index (χ4n) is 3.02. The second-order valence-corrected chi connectivity index (χ2v) is 6.02. The Labute approximate surface area is 119 Å². The van der Waals surface area contributed by atoms with Crippen LogP contribution in [0.15, 0.2) is 12.7 Å². The first-order valence-corrected chi connectivity index (χ1v) is 7.74. The van der Waals surface area contributed by atoms with Gasteiger partial charge < -0.3 is 10.1 Å². The molecule has 0 saturated carbocycles. The highest BCUT2D eigenvalue weighted by Crippen LogP contribution is 2.24. The number of rotatable bonds is 9. The van der Waals surface area contributed by atoms with Gasteiger partial charge in [0.1, 0.15) is 0 Å². The summed E-state index contributed by atoms with van der Waals surface area (Å²) in [5.74, 6) is 0. The first-order chi connectivity index (χ1) is 9.12. The van der Waals surface area contributed by atoms with Gasteiger partial charge in [0, 0.05) is 24.7 Å². The summed E-state index contributed by atoms with van der Waals surface area (Å²) < 4.78 is 5.46. The molecule has 0 aromatic heterocycles. The van der Waals surface area contributed by atoms with Crippen molar-refractivity contribution >= 4 is 0 Å². The molecule has 1 aliphatic rings. The summed E-state index contributed by atoms with van der Waals surface area (Å²) in [6.07, 6.45) is 8.30. The number of unbranched alkanes of at least 4 members (excludes halogenated alkanes) is 3. The molecule has 3 nitrogen and oxygen atoms in total. The van der Waals surface area contributed by atoms with Crippen molar-refractivity contribution < 1.29 is 4.74 Å². The molecule has 1 saturated heterocycles. The van der Waals surface area contributed by atoms with E-state index in [1.807, 2.05) is 6.08 Å². The summed E-state index contributed by atoms with van der Waals surface area (Å²) in [6.45, 7) is 12.4. The molecule has 1 fully saturated rings. The molecule has 1 N–H and O–H groups in total. The van der Waals surface area contributed by atoms with E-state index in [0.29, 0.717) is 6.04 Å². The second kappa shape index (κ2) is 8.72. The van der Waals surface area contributed by atoms with Crippen LogP contribution in [0.2, 0.25) is 0 Å². The zero-order chi connectivity index (χ0) is 14.1. The van der Waals surface area contributed by atoms with Crippen LogP contribution in [-0.2, 0) is 4.74 Å². The maximum absolute atomic E-state index is 5.46. The molecule has 0 spiro atoms. The van der Waals surface area contributed by atoms with E-state index in [1.165, 1.54) is 25.7 Å². The van der Waals surface area contributed by atoms with Crippen molar-refractivity contribution in [2.45, 2.75) is 57.5 Å². The molecule has 1 heterocycles. The van der Waals surface area contributed by atoms with Gasteiger partial charge in [-0.1, -0.05) is 18.9 Å². The Balaban J connectivity index is 2.39. The highest BCUT2D eigenvalue weighted by Gasteiger charge is 2.34. The Morgan fingerprint density at radius 3 is 2.53 bits per heavy atom. The van der Waals surface area contributed by atoms with Gasteiger partial charge in [0.25, 0.3) is 0 Å². The fraction of sp³-hybridized carbons (Fsp3) is 0.875. The lowest BCUT2D eigenvalue weighted by Crippen LogP contribution is -2.59. The monoisotopic (exact) mass is 268 g/mol. The number of ether oxygens (including phenoxy) is 1. The van der Waals surface area contributed by atoms with Gasteiger partial charge in [-0.2, -0.15) is 0 Å². The van der Waals surface area contributed by atoms with Crippen molar-refractivity contribution in [2.24, 2.45) is 0 Å². The van der Waals surface area contributed by atoms with Gasteiger partial charge in [0.15, 0.2) is 0 Å². The third kappa shape index (κ3) is 5.25. The van der Waals surface area contributed by atoms with Gasteiger partial charge in [-0.15, -0.1) is 6.58 Å². The minimum absolute atomic E-state index is 0.205. The van der Waals surface area contributed by atoms with E-state index < -0.39 is 0 Å². The van der Waals surface area contributed by atoms with E-state index in [9.17, 15) is 0 Å². The summed E-state index contributed by atoms with van der Waals surface area (Å²) >= 11 is 0. The Bertz CT molecular complexity index is 247. The van der Waals surface area contributed by atoms with E-state index in [-0.39, 0.29) is 5.54 Å². The Morgan fingerprint density at radius 2 is 1.95 bits per heavy atom. The number of likely N-dealkylation sites (N-methyl/N-ethyl adjacent to an activating group) is 1. The van der Waals surface area contributed by atoms with E-state index >= 15 is 0 Å². The molecule has 0 aliphatic carbocycles. The van der Waals surface area contributed by atoms with Crippen LogP contribution in [-0.4, -0.2) is 49.8 Å². The smallest absolute Gasteiger partial charge is 0.0594 e. The molecule has 3 heteroatoms. The number of nitrogens with one attached hydrogen (secondary N) is 1.